The van der Waals surface area contributed by atoms with Gasteiger partial charge in [0, 0.05) is 31.8 Å². The quantitative estimate of drug-likeness (QED) is 0.828. The summed E-state index contributed by atoms with van der Waals surface area (Å²) >= 11 is 0. The van der Waals surface area contributed by atoms with E-state index in [0.717, 1.165) is 5.56 Å². The van der Waals surface area contributed by atoms with E-state index in [2.05, 4.69) is 5.32 Å². The molecule has 2 amide bonds. The minimum absolute atomic E-state index is 0.123. The van der Waals surface area contributed by atoms with Crippen LogP contribution in [0.4, 0.5) is 0 Å². The second-order valence-corrected chi connectivity index (χ2v) is 5.74. The first kappa shape index (κ1) is 19.3. The molecule has 138 valence electrons. The van der Waals surface area contributed by atoms with Crippen molar-refractivity contribution in [3.8, 4) is 11.5 Å². The van der Waals surface area contributed by atoms with Gasteiger partial charge in [0.15, 0.2) is 11.5 Å². The van der Waals surface area contributed by atoms with Crippen LogP contribution in [0.1, 0.15) is 33.2 Å². The lowest BCUT2D eigenvalue weighted by molar-refractivity contribution is 0.0784. The number of nitrogens with zero attached hydrogens (tertiary/aromatic N) is 1. The van der Waals surface area contributed by atoms with Gasteiger partial charge >= 0.3 is 0 Å². The number of hydrogen-bond donors (Lipinski definition) is 1. The highest BCUT2D eigenvalue weighted by Crippen LogP contribution is 2.28. The van der Waals surface area contributed by atoms with Crippen molar-refractivity contribution in [1.29, 1.82) is 0 Å². The molecule has 0 radical (unpaired) electrons. The molecule has 2 aromatic carbocycles. The lowest BCUT2D eigenvalue weighted by Crippen LogP contribution is -2.26. The third kappa shape index (κ3) is 4.53. The molecule has 0 spiro atoms. The standard InChI is InChI=1S/C20H24N2O4/c1-5-26-17-11-10-16(12-18(17)25-4)20(24)22(3)13-14-6-8-15(9-7-14)19(23)21-2/h6-12H,5,13H2,1-4H3,(H,21,23). The first-order valence-corrected chi connectivity index (χ1v) is 8.37. The Bertz CT molecular complexity index is 772. The Hall–Kier alpha value is -3.02. The Morgan fingerprint density at radius 2 is 1.69 bits per heavy atom. The maximum atomic E-state index is 12.7. The Balaban J connectivity index is 2.10. The predicted octanol–water partition coefficient (Wildman–Crippen LogP) is 2.73. The summed E-state index contributed by atoms with van der Waals surface area (Å²) in [5, 5.41) is 2.58. The zero-order chi connectivity index (χ0) is 19.1. The van der Waals surface area contributed by atoms with Gasteiger partial charge in [-0.3, -0.25) is 9.59 Å². The molecule has 0 aliphatic rings. The maximum Gasteiger partial charge on any atom is 0.254 e. The average molecular weight is 356 g/mol. The molecule has 0 aromatic heterocycles. The van der Waals surface area contributed by atoms with Crippen molar-refractivity contribution in [2.24, 2.45) is 0 Å². The number of benzene rings is 2. The van der Waals surface area contributed by atoms with Gasteiger partial charge in [-0.05, 0) is 42.8 Å². The van der Waals surface area contributed by atoms with E-state index in [1.54, 1.807) is 56.4 Å². The van der Waals surface area contributed by atoms with Gasteiger partial charge in [-0.15, -0.1) is 0 Å². The van der Waals surface area contributed by atoms with Crippen LogP contribution in [0.5, 0.6) is 11.5 Å². The predicted molar refractivity (Wildman–Crippen MR) is 99.8 cm³/mol. The molecule has 0 saturated heterocycles. The molecule has 26 heavy (non-hydrogen) atoms. The van der Waals surface area contributed by atoms with Crippen molar-refractivity contribution in [2.75, 3.05) is 27.8 Å². The van der Waals surface area contributed by atoms with Crippen LogP contribution in [0.15, 0.2) is 42.5 Å². The van der Waals surface area contributed by atoms with Crippen molar-refractivity contribution in [3.63, 3.8) is 0 Å². The number of carbonyl (C=O) groups is 2. The molecule has 0 atom stereocenters. The van der Waals surface area contributed by atoms with Crippen molar-refractivity contribution < 1.29 is 19.1 Å². The number of nitrogens with one attached hydrogen (secondary N) is 1. The monoisotopic (exact) mass is 356 g/mol. The van der Waals surface area contributed by atoms with E-state index in [1.165, 1.54) is 0 Å². The Kier molecular flexibility index (Phi) is 6.60. The summed E-state index contributed by atoms with van der Waals surface area (Å²) in [6.07, 6.45) is 0. The fraction of sp³-hybridized carbons (Fsp3) is 0.300. The molecule has 2 rings (SSSR count). The molecule has 6 heteroatoms. The molecule has 2 aromatic rings. The summed E-state index contributed by atoms with van der Waals surface area (Å²) in [5.41, 5.74) is 2.04. The first-order valence-electron chi connectivity index (χ1n) is 8.37. The van der Waals surface area contributed by atoms with E-state index in [0.29, 0.717) is 35.8 Å². The van der Waals surface area contributed by atoms with E-state index in [4.69, 9.17) is 9.47 Å². The number of amides is 2. The van der Waals surface area contributed by atoms with Crippen LogP contribution in [0.3, 0.4) is 0 Å². The topological polar surface area (TPSA) is 67.9 Å². The number of rotatable bonds is 7. The first-order chi connectivity index (χ1) is 12.5. The average Bonchev–Trinajstić information content (AvgIpc) is 2.67. The van der Waals surface area contributed by atoms with Gasteiger partial charge < -0.3 is 19.7 Å². The highest BCUT2D eigenvalue weighted by molar-refractivity contribution is 5.95. The highest BCUT2D eigenvalue weighted by atomic mass is 16.5. The van der Waals surface area contributed by atoms with E-state index in [-0.39, 0.29) is 11.8 Å². The summed E-state index contributed by atoms with van der Waals surface area (Å²) in [6.45, 7) is 2.85. The number of ether oxygens (including phenoxy) is 2. The number of hydrogen-bond acceptors (Lipinski definition) is 4. The van der Waals surface area contributed by atoms with E-state index in [1.807, 2.05) is 19.1 Å². The Morgan fingerprint density at radius 1 is 1.04 bits per heavy atom. The fourth-order valence-corrected chi connectivity index (χ4v) is 2.55. The van der Waals surface area contributed by atoms with Crippen molar-refractivity contribution in [3.05, 3.63) is 59.2 Å². The van der Waals surface area contributed by atoms with Crippen molar-refractivity contribution in [1.82, 2.24) is 10.2 Å². The van der Waals surface area contributed by atoms with Crippen molar-refractivity contribution >= 4 is 11.8 Å². The molecule has 0 heterocycles. The zero-order valence-corrected chi connectivity index (χ0v) is 15.5. The van der Waals surface area contributed by atoms with Crippen LogP contribution in [0, 0.1) is 0 Å². The van der Waals surface area contributed by atoms with Gasteiger partial charge in [0.25, 0.3) is 11.8 Å². The minimum Gasteiger partial charge on any atom is -0.493 e. The molecule has 0 aliphatic heterocycles. The van der Waals surface area contributed by atoms with E-state index >= 15 is 0 Å². The molecule has 0 saturated carbocycles. The lowest BCUT2D eigenvalue weighted by atomic mass is 10.1. The van der Waals surface area contributed by atoms with Crippen LogP contribution >= 0.6 is 0 Å². The summed E-state index contributed by atoms with van der Waals surface area (Å²) in [6, 6.07) is 12.3. The van der Waals surface area contributed by atoms with Crippen LogP contribution < -0.4 is 14.8 Å². The smallest absolute Gasteiger partial charge is 0.254 e. The van der Waals surface area contributed by atoms with Gasteiger partial charge in [0.05, 0.1) is 13.7 Å². The summed E-state index contributed by atoms with van der Waals surface area (Å²) in [7, 11) is 4.87. The maximum absolute atomic E-state index is 12.7. The van der Waals surface area contributed by atoms with Crippen LogP contribution in [0.2, 0.25) is 0 Å². The zero-order valence-electron chi connectivity index (χ0n) is 15.5. The third-order valence-corrected chi connectivity index (χ3v) is 3.92. The molecule has 0 unspecified atom stereocenters. The molecule has 1 N–H and O–H groups in total. The SMILES string of the molecule is CCOc1ccc(C(=O)N(C)Cc2ccc(C(=O)NC)cc2)cc1OC. The number of methoxy groups -OCH3 is 1. The molecule has 0 fully saturated rings. The van der Waals surface area contributed by atoms with Crippen LogP contribution in [0.25, 0.3) is 0 Å². The summed E-state index contributed by atoms with van der Waals surface area (Å²) in [5.74, 6) is 0.879. The normalized spacial score (nSPS) is 10.2. The largest absolute Gasteiger partial charge is 0.493 e. The van der Waals surface area contributed by atoms with E-state index in [9.17, 15) is 9.59 Å². The molecule has 6 nitrogen and oxygen atoms in total. The minimum atomic E-state index is -0.137. The molecule has 0 bridgehead atoms. The molecular formula is C20H24N2O4. The summed E-state index contributed by atoms with van der Waals surface area (Å²) in [4.78, 5) is 25.9. The van der Waals surface area contributed by atoms with Crippen molar-refractivity contribution in [2.45, 2.75) is 13.5 Å². The van der Waals surface area contributed by atoms with Gasteiger partial charge in [0.2, 0.25) is 0 Å². The van der Waals surface area contributed by atoms with Gasteiger partial charge in [-0.2, -0.15) is 0 Å². The van der Waals surface area contributed by atoms with E-state index < -0.39 is 0 Å². The van der Waals surface area contributed by atoms with Crippen LogP contribution in [-0.2, 0) is 6.54 Å². The summed E-state index contributed by atoms with van der Waals surface area (Å²) < 4.78 is 10.8. The number of carbonyl (C=O) groups excluding carboxylic acids is 2. The van der Waals surface area contributed by atoms with Gasteiger partial charge in [-0.25, -0.2) is 0 Å². The second-order valence-electron chi connectivity index (χ2n) is 5.74. The second kappa shape index (κ2) is 8.89. The molecular weight excluding hydrogens is 332 g/mol. The van der Waals surface area contributed by atoms with Crippen LogP contribution in [-0.4, -0.2) is 44.5 Å². The lowest BCUT2D eigenvalue weighted by Gasteiger charge is -2.18. The fourth-order valence-electron chi connectivity index (χ4n) is 2.55. The highest BCUT2D eigenvalue weighted by Gasteiger charge is 2.15. The Labute approximate surface area is 153 Å². The Morgan fingerprint density at radius 3 is 2.27 bits per heavy atom. The van der Waals surface area contributed by atoms with Gasteiger partial charge in [0.1, 0.15) is 0 Å². The molecule has 0 aliphatic carbocycles. The van der Waals surface area contributed by atoms with Gasteiger partial charge in [-0.1, -0.05) is 12.1 Å². The third-order valence-electron chi connectivity index (χ3n) is 3.92.